The van der Waals surface area contributed by atoms with Gasteiger partial charge in [-0.2, -0.15) is 11.3 Å². The molecule has 0 spiro atoms. The molecule has 5 heteroatoms. The fraction of sp³-hybridized carbons (Fsp3) is 0.400. The van der Waals surface area contributed by atoms with Crippen molar-refractivity contribution in [3.63, 3.8) is 0 Å². The number of amides is 1. The third kappa shape index (κ3) is 4.12. The van der Waals surface area contributed by atoms with Crippen molar-refractivity contribution in [1.29, 1.82) is 0 Å². The van der Waals surface area contributed by atoms with Gasteiger partial charge in [0.1, 0.15) is 0 Å². The molecule has 1 aromatic rings. The van der Waals surface area contributed by atoms with Gasteiger partial charge in [0, 0.05) is 13.6 Å². The quantitative estimate of drug-likeness (QED) is 0.823. The Morgan fingerprint density at radius 3 is 2.80 bits per heavy atom. The third-order valence-corrected chi connectivity index (χ3v) is 2.75. The second-order valence-corrected chi connectivity index (χ2v) is 4.05. The summed E-state index contributed by atoms with van der Waals surface area (Å²) in [5.74, 6) is -0.931. The second-order valence-electron chi connectivity index (χ2n) is 3.27. The van der Waals surface area contributed by atoms with Crippen LogP contribution in [0.3, 0.4) is 0 Å². The molecule has 0 aromatic carbocycles. The molecule has 1 N–H and O–H groups in total. The van der Waals surface area contributed by atoms with Gasteiger partial charge in [0.05, 0.1) is 12.8 Å². The first-order chi connectivity index (χ1) is 7.09. The van der Waals surface area contributed by atoms with Crippen LogP contribution in [0, 0.1) is 0 Å². The molecule has 0 bridgehead atoms. The number of carboxylic acids is 1. The molecular weight excluding hydrogens is 214 g/mol. The first-order valence-electron chi connectivity index (χ1n) is 4.56. The zero-order valence-electron chi connectivity index (χ0n) is 8.47. The number of hydrogen-bond donors (Lipinski definition) is 1. The van der Waals surface area contributed by atoms with Crippen molar-refractivity contribution < 1.29 is 14.7 Å². The minimum absolute atomic E-state index is 0.00806. The van der Waals surface area contributed by atoms with E-state index in [-0.39, 0.29) is 18.9 Å². The van der Waals surface area contributed by atoms with Gasteiger partial charge in [0.25, 0.3) is 0 Å². The van der Waals surface area contributed by atoms with Crippen molar-refractivity contribution in [3.8, 4) is 0 Å². The predicted octanol–water partition coefficient (Wildman–Crippen LogP) is 1.22. The molecule has 4 nitrogen and oxygen atoms in total. The van der Waals surface area contributed by atoms with Crippen LogP contribution in [-0.4, -0.2) is 35.5 Å². The van der Waals surface area contributed by atoms with Gasteiger partial charge >= 0.3 is 5.97 Å². The topological polar surface area (TPSA) is 57.6 Å². The average molecular weight is 227 g/mol. The van der Waals surface area contributed by atoms with Crippen LogP contribution < -0.4 is 0 Å². The van der Waals surface area contributed by atoms with Crippen molar-refractivity contribution in [2.24, 2.45) is 0 Å². The lowest BCUT2D eigenvalue weighted by molar-refractivity contribution is -0.138. The van der Waals surface area contributed by atoms with Crippen LogP contribution in [-0.2, 0) is 16.0 Å². The molecule has 0 atom stereocenters. The number of carbonyl (C=O) groups excluding carboxylic acids is 1. The highest BCUT2D eigenvalue weighted by Gasteiger charge is 2.10. The summed E-state index contributed by atoms with van der Waals surface area (Å²) in [5.41, 5.74) is 0.979. The number of nitrogens with zero attached hydrogens (tertiary/aromatic N) is 1. The first kappa shape index (κ1) is 11.7. The fourth-order valence-corrected chi connectivity index (χ4v) is 1.76. The maximum atomic E-state index is 11.6. The fourth-order valence-electron chi connectivity index (χ4n) is 1.09. The lowest BCUT2D eigenvalue weighted by atomic mass is 10.2. The van der Waals surface area contributed by atoms with E-state index in [9.17, 15) is 9.59 Å². The zero-order chi connectivity index (χ0) is 11.3. The number of thiophene rings is 1. The largest absolute Gasteiger partial charge is 0.481 e. The zero-order valence-corrected chi connectivity index (χ0v) is 9.29. The minimum Gasteiger partial charge on any atom is -0.481 e. The smallest absolute Gasteiger partial charge is 0.305 e. The molecule has 0 saturated heterocycles. The summed E-state index contributed by atoms with van der Waals surface area (Å²) in [5, 5.41) is 12.3. The van der Waals surface area contributed by atoms with E-state index < -0.39 is 5.97 Å². The van der Waals surface area contributed by atoms with Crippen LogP contribution in [0.5, 0.6) is 0 Å². The highest BCUT2D eigenvalue weighted by atomic mass is 32.1. The van der Waals surface area contributed by atoms with Crippen LogP contribution in [0.15, 0.2) is 16.8 Å². The number of aliphatic carboxylic acids is 1. The maximum Gasteiger partial charge on any atom is 0.305 e. The standard InChI is InChI=1S/C10H13NO3S/c1-11(4-2-10(13)14)9(12)6-8-3-5-15-7-8/h3,5,7H,2,4,6H2,1H3,(H,13,14). The van der Waals surface area contributed by atoms with Gasteiger partial charge in [0.2, 0.25) is 5.91 Å². The van der Waals surface area contributed by atoms with Gasteiger partial charge in [0.15, 0.2) is 0 Å². The SMILES string of the molecule is CN(CCC(=O)O)C(=O)Cc1ccsc1. The van der Waals surface area contributed by atoms with Crippen LogP contribution >= 0.6 is 11.3 Å². The van der Waals surface area contributed by atoms with Gasteiger partial charge in [-0.3, -0.25) is 9.59 Å². The van der Waals surface area contributed by atoms with Gasteiger partial charge in [-0.25, -0.2) is 0 Å². The summed E-state index contributed by atoms with van der Waals surface area (Å²) in [4.78, 5) is 23.3. The summed E-state index contributed by atoms with van der Waals surface area (Å²) in [6.07, 6.45) is 0.339. The third-order valence-electron chi connectivity index (χ3n) is 2.02. The van der Waals surface area contributed by atoms with E-state index in [1.54, 1.807) is 18.4 Å². The van der Waals surface area contributed by atoms with Crippen LogP contribution in [0.4, 0.5) is 0 Å². The van der Waals surface area contributed by atoms with Gasteiger partial charge < -0.3 is 10.0 Å². The Kier molecular flexibility index (Phi) is 4.30. The average Bonchev–Trinajstić information content (AvgIpc) is 2.66. The Balaban J connectivity index is 2.36. The molecule has 1 rings (SSSR count). The highest BCUT2D eigenvalue weighted by molar-refractivity contribution is 7.07. The van der Waals surface area contributed by atoms with E-state index in [1.165, 1.54) is 4.90 Å². The number of rotatable bonds is 5. The Morgan fingerprint density at radius 2 is 2.27 bits per heavy atom. The molecule has 0 radical (unpaired) electrons. The molecule has 0 saturated carbocycles. The van der Waals surface area contributed by atoms with Gasteiger partial charge in [-0.1, -0.05) is 0 Å². The van der Waals surface area contributed by atoms with Gasteiger partial charge in [-0.15, -0.1) is 0 Å². The molecule has 15 heavy (non-hydrogen) atoms. The van der Waals surface area contributed by atoms with Crippen molar-refractivity contribution in [3.05, 3.63) is 22.4 Å². The Hall–Kier alpha value is -1.36. The molecule has 1 amide bonds. The predicted molar refractivity (Wildman–Crippen MR) is 57.9 cm³/mol. The molecule has 82 valence electrons. The van der Waals surface area contributed by atoms with E-state index in [0.717, 1.165) is 5.56 Å². The molecule has 0 aliphatic rings. The molecule has 1 aromatic heterocycles. The van der Waals surface area contributed by atoms with Crippen molar-refractivity contribution in [2.45, 2.75) is 12.8 Å². The second kappa shape index (κ2) is 5.50. The Bertz CT molecular complexity index is 334. The van der Waals surface area contributed by atoms with E-state index >= 15 is 0 Å². The normalized spacial score (nSPS) is 9.93. The Morgan fingerprint density at radius 1 is 1.53 bits per heavy atom. The summed E-state index contributed by atoms with van der Waals surface area (Å²) >= 11 is 1.55. The molecule has 0 aliphatic carbocycles. The lowest BCUT2D eigenvalue weighted by Gasteiger charge is -2.15. The number of carboxylic acid groups (broad SMARTS) is 1. The van der Waals surface area contributed by atoms with Crippen molar-refractivity contribution in [1.82, 2.24) is 4.90 Å². The molecule has 1 heterocycles. The van der Waals surface area contributed by atoms with Crippen molar-refractivity contribution >= 4 is 23.2 Å². The monoisotopic (exact) mass is 227 g/mol. The van der Waals surface area contributed by atoms with Crippen LogP contribution in [0.1, 0.15) is 12.0 Å². The van der Waals surface area contributed by atoms with E-state index in [4.69, 9.17) is 5.11 Å². The minimum atomic E-state index is -0.884. The number of carbonyl (C=O) groups is 2. The number of likely N-dealkylation sites (N-methyl/N-ethyl adjacent to an activating group) is 1. The van der Waals surface area contributed by atoms with Gasteiger partial charge in [-0.05, 0) is 22.4 Å². The van der Waals surface area contributed by atoms with E-state index in [1.807, 2.05) is 16.8 Å². The summed E-state index contributed by atoms with van der Waals surface area (Å²) in [6.45, 7) is 0.262. The maximum absolute atomic E-state index is 11.6. The molecule has 0 unspecified atom stereocenters. The summed E-state index contributed by atoms with van der Waals surface area (Å²) in [7, 11) is 1.62. The Labute approximate surface area is 92.1 Å². The van der Waals surface area contributed by atoms with Crippen molar-refractivity contribution in [2.75, 3.05) is 13.6 Å². The number of hydrogen-bond acceptors (Lipinski definition) is 3. The summed E-state index contributed by atoms with van der Waals surface area (Å²) < 4.78 is 0. The first-order valence-corrected chi connectivity index (χ1v) is 5.50. The summed E-state index contributed by atoms with van der Waals surface area (Å²) in [6, 6.07) is 1.90. The van der Waals surface area contributed by atoms with E-state index in [0.29, 0.717) is 6.42 Å². The molecular formula is C10H13NO3S. The lowest BCUT2D eigenvalue weighted by Crippen LogP contribution is -2.30. The van der Waals surface area contributed by atoms with Crippen LogP contribution in [0.25, 0.3) is 0 Å². The molecule has 0 fully saturated rings. The highest BCUT2D eigenvalue weighted by Crippen LogP contribution is 2.07. The molecule has 0 aliphatic heterocycles. The van der Waals surface area contributed by atoms with E-state index in [2.05, 4.69) is 0 Å². The van der Waals surface area contributed by atoms with Crippen LogP contribution in [0.2, 0.25) is 0 Å².